The quantitative estimate of drug-likeness (QED) is 0.885. The molecule has 3 heteroatoms. The molecule has 0 spiro atoms. The topological polar surface area (TPSA) is 15.3 Å². The molecule has 1 N–H and O–H groups in total. The summed E-state index contributed by atoms with van der Waals surface area (Å²) in [4.78, 5) is 2.55. The Labute approximate surface area is 127 Å². The van der Waals surface area contributed by atoms with Crippen LogP contribution in [-0.2, 0) is 0 Å². The molecule has 0 amide bonds. The number of halogens is 1. The predicted octanol–water partition coefficient (Wildman–Crippen LogP) is 3.88. The molecule has 0 aromatic heterocycles. The van der Waals surface area contributed by atoms with Crippen molar-refractivity contribution in [3.63, 3.8) is 0 Å². The Hall–Kier alpha value is -0.930. The monoisotopic (exact) mass is 290 g/mol. The van der Waals surface area contributed by atoms with Crippen LogP contribution < -0.4 is 5.32 Å². The van der Waals surface area contributed by atoms with E-state index in [-0.39, 0.29) is 11.9 Å². The number of nitrogens with one attached hydrogen (secondary N) is 1. The van der Waals surface area contributed by atoms with Crippen molar-refractivity contribution < 1.29 is 4.39 Å². The molecular weight excluding hydrogens is 263 g/mol. The van der Waals surface area contributed by atoms with E-state index >= 15 is 0 Å². The minimum atomic E-state index is -0.0558. The van der Waals surface area contributed by atoms with Crippen LogP contribution in [0.5, 0.6) is 0 Å². The maximum Gasteiger partial charge on any atom is 0.127 e. The lowest BCUT2D eigenvalue weighted by Crippen LogP contribution is -2.49. The minimum Gasteiger partial charge on any atom is -0.311 e. The highest BCUT2D eigenvalue weighted by atomic mass is 19.1. The Morgan fingerprint density at radius 2 is 1.86 bits per heavy atom. The van der Waals surface area contributed by atoms with Crippen molar-refractivity contribution >= 4 is 0 Å². The smallest absolute Gasteiger partial charge is 0.127 e. The fraction of sp³-hybridized carbons (Fsp3) is 0.667. The highest BCUT2D eigenvalue weighted by molar-refractivity contribution is 5.21. The fourth-order valence-corrected chi connectivity index (χ4v) is 4.41. The number of piperidine rings is 1. The number of nitrogens with zero attached hydrogens (tertiary/aromatic N) is 1. The molecule has 2 nitrogen and oxygen atoms in total. The number of hydrogen-bond acceptors (Lipinski definition) is 2. The highest BCUT2D eigenvalue weighted by Gasteiger charge is 2.37. The van der Waals surface area contributed by atoms with E-state index in [1.807, 2.05) is 12.1 Å². The van der Waals surface area contributed by atoms with Crippen molar-refractivity contribution in [3.8, 4) is 0 Å². The molecule has 2 bridgehead atoms. The van der Waals surface area contributed by atoms with Crippen molar-refractivity contribution in [2.24, 2.45) is 0 Å². The lowest BCUT2D eigenvalue weighted by molar-refractivity contribution is 0.0948. The van der Waals surface area contributed by atoms with Gasteiger partial charge in [0.2, 0.25) is 0 Å². The maximum atomic E-state index is 14.2. The summed E-state index contributed by atoms with van der Waals surface area (Å²) >= 11 is 0. The first-order valence-corrected chi connectivity index (χ1v) is 8.49. The summed E-state index contributed by atoms with van der Waals surface area (Å²) in [5, 5.41) is 3.71. The van der Waals surface area contributed by atoms with Crippen molar-refractivity contribution in [1.82, 2.24) is 10.2 Å². The van der Waals surface area contributed by atoms with Crippen LogP contribution in [0.3, 0.4) is 0 Å². The zero-order chi connectivity index (χ0) is 14.8. The third-order valence-electron chi connectivity index (χ3n) is 5.33. The first kappa shape index (κ1) is 15.0. The number of hydrogen-bond donors (Lipinski definition) is 1. The van der Waals surface area contributed by atoms with Crippen molar-refractivity contribution in [1.29, 1.82) is 0 Å². The second-order valence-corrected chi connectivity index (χ2v) is 6.54. The first-order valence-electron chi connectivity index (χ1n) is 8.49. The molecule has 2 aliphatic rings. The van der Waals surface area contributed by atoms with Gasteiger partial charge in [0.05, 0.1) is 0 Å². The molecule has 3 atom stereocenters. The van der Waals surface area contributed by atoms with E-state index in [1.54, 1.807) is 12.1 Å². The van der Waals surface area contributed by atoms with Gasteiger partial charge in [0.1, 0.15) is 5.82 Å². The van der Waals surface area contributed by atoms with Crippen LogP contribution in [-0.4, -0.2) is 29.6 Å². The molecule has 3 rings (SSSR count). The van der Waals surface area contributed by atoms with Crippen LogP contribution in [0.2, 0.25) is 0 Å². The Kier molecular flexibility index (Phi) is 4.60. The molecule has 1 aromatic rings. The van der Waals surface area contributed by atoms with Gasteiger partial charge in [0.15, 0.2) is 0 Å². The number of rotatable bonds is 5. The summed E-state index contributed by atoms with van der Waals surface area (Å²) in [5.74, 6) is -0.0558. The largest absolute Gasteiger partial charge is 0.311 e. The molecule has 2 heterocycles. The second-order valence-electron chi connectivity index (χ2n) is 6.54. The van der Waals surface area contributed by atoms with E-state index in [0.29, 0.717) is 18.1 Å². The molecule has 0 saturated carbocycles. The summed E-state index contributed by atoms with van der Waals surface area (Å²) in [7, 11) is 0. The van der Waals surface area contributed by atoms with Crippen LogP contribution in [0.4, 0.5) is 4.39 Å². The lowest BCUT2D eigenvalue weighted by Gasteiger charge is -2.41. The Balaban J connectivity index is 1.82. The first-order chi connectivity index (χ1) is 10.2. The van der Waals surface area contributed by atoms with Crippen molar-refractivity contribution in [3.05, 3.63) is 35.6 Å². The van der Waals surface area contributed by atoms with Gasteiger partial charge in [-0.15, -0.1) is 0 Å². The normalized spacial score (nSPS) is 29.8. The van der Waals surface area contributed by atoms with Gasteiger partial charge in [-0.2, -0.15) is 0 Å². The Morgan fingerprint density at radius 1 is 1.19 bits per heavy atom. The minimum absolute atomic E-state index is 0.0558. The van der Waals surface area contributed by atoms with Gasteiger partial charge in [0, 0.05) is 29.7 Å². The molecule has 0 radical (unpaired) electrons. The molecule has 1 aromatic carbocycles. The summed E-state index contributed by atoms with van der Waals surface area (Å²) in [6, 6.07) is 9.46. The van der Waals surface area contributed by atoms with Gasteiger partial charge in [-0.3, -0.25) is 4.90 Å². The molecule has 2 aliphatic heterocycles. The molecule has 21 heavy (non-hydrogen) atoms. The van der Waals surface area contributed by atoms with Crippen LogP contribution in [0.1, 0.15) is 57.6 Å². The SMILES string of the molecule is CCC(c1ccccc1F)N(CC)C1CC2CCC(C1)N2. The number of fused-ring (bicyclic) bond motifs is 2. The van der Waals surface area contributed by atoms with Crippen molar-refractivity contribution in [2.45, 2.75) is 70.1 Å². The molecular formula is C18H27FN2. The average molecular weight is 290 g/mol. The van der Waals surface area contributed by atoms with E-state index < -0.39 is 0 Å². The Bertz CT molecular complexity index is 464. The zero-order valence-electron chi connectivity index (χ0n) is 13.2. The zero-order valence-corrected chi connectivity index (χ0v) is 13.2. The average Bonchev–Trinajstić information content (AvgIpc) is 2.84. The maximum absolute atomic E-state index is 14.2. The van der Waals surface area contributed by atoms with E-state index in [2.05, 4.69) is 24.1 Å². The van der Waals surface area contributed by atoms with Gasteiger partial charge < -0.3 is 5.32 Å². The third-order valence-corrected chi connectivity index (χ3v) is 5.33. The van der Waals surface area contributed by atoms with Crippen molar-refractivity contribution in [2.75, 3.05) is 6.54 Å². The lowest BCUT2D eigenvalue weighted by atomic mass is 9.93. The summed E-state index contributed by atoms with van der Waals surface area (Å²) in [6.45, 7) is 5.39. The molecule has 2 saturated heterocycles. The van der Waals surface area contributed by atoms with Crippen LogP contribution >= 0.6 is 0 Å². The van der Waals surface area contributed by atoms with Gasteiger partial charge in [-0.25, -0.2) is 4.39 Å². The molecule has 116 valence electrons. The van der Waals surface area contributed by atoms with E-state index in [4.69, 9.17) is 0 Å². The van der Waals surface area contributed by atoms with E-state index in [9.17, 15) is 4.39 Å². The Morgan fingerprint density at radius 3 is 2.43 bits per heavy atom. The standard InChI is InChI=1S/C18H27FN2/c1-3-18(16-7-5-6-8-17(16)19)21(4-2)15-11-13-9-10-14(12-15)20-13/h5-8,13-15,18,20H,3-4,9-12H2,1-2H3. The fourth-order valence-electron chi connectivity index (χ4n) is 4.41. The van der Waals surface area contributed by atoms with E-state index in [1.165, 1.54) is 25.7 Å². The summed E-state index contributed by atoms with van der Waals surface area (Å²) < 4.78 is 14.2. The van der Waals surface area contributed by atoms with Crippen LogP contribution in [0.25, 0.3) is 0 Å². The van der Waals surface area contributed by atoms with E-state index in [0.717, 1.165) is 18.5 Å². The van der Waals surface area contributed by atoms with Gasteiger partial charge in [0.25, 0.3) is 0 Å². The molecule has 0 aliphatic carbocycles. The predicted molar refractivity (Wildman–Crippen MR) is 84.8 cm³/mol. The van der Waals surface area contributed by atoms with Crippen LogP contribution in [0, 0.1) is 5.82 Å². The second kappa shape index (κ2) is 6.45. The van der Waals surface area contributed by atoms with Gasteiger partial charge in [-0.1, -0.05) is 32.0 Å². The summed E-state index contributed by atoms with van der Waals surface area (Å²) in [5.41, 5.74) is 0.868. The van der Waals surface area contributed by atoms with Gasteiger partial charge in [-0.05, 0) is 44.7 Å². The third kappa shape index (κ3) is 3.00. The van der Waals surface area contributed by atoms with Crippen LogP contribution in [0.15, 0.2) is 24.3 Å². The number of benzene rings is 1. The molecule has 2 fully saturated rings. The molecule has 3 unspecified atom stereocenters. The highest BCUT2D eigenvalue weighted by Crippen LogP contribution is 2.35. The van der Waals surface area contributed by atoms with Gasteiger partial charge >= 0.3 is 0 Å². The summed E-state index contributed by atoms with van der Waals surface area (Å²) in [6.07, 6.45) is 6.03.